The zero-order valence-electron chi connectivity index (χ0n) is 15.5. The van der Waals surface area contributed by atoms with Gasteiger partial charge in [0.2, 0.25) is 5.91 Å². The third kappa shape index (κ3) is 5.99. The minimum Gasteiger partial charge on any atom is -0.460 e. The lowest BCUT2D eigenvalue weighted by Crippen LogP contribution is -2.37. The molecule has 1 aromatic carbocycles. The molecule has 2 amide bonds. The summed E-state index contributed by atoms with van der Waals surface area (Å²) in [5.74, 6) is -0.694. The number of furan rings is 1. The van der Waals surface area contributed by atoms with Crippen molar-refractivity contribution in [2.75, 3.05) is 20.2 Å². The normalized spacial score (nSPS) is 10.9. The summed E-state index contributed by atoms with van der Waals surface area (Å²) in [6.45, 7) is 1.49. The maximum Gasteiger partial charge on any atom is 0.331 e. The van der Waals surface area contributed by atoms with Crippen LogP contribution in [0.25, 0.3) is 17.0 Å². The van der Waals surface area contributed by atoms with Crippen molar-refractivity contribution in [3.05, 3.63) is 41.7 Å². The third-order valence-corrected chi connectivity index (χ3v) is 3.92. The van der Waals surface area contributed by atoms with Crippen LogP contribution in [0.2, 0.25) is 0 Å². The second-order valence-corrected chi connectivity index (χ2v) is 5.93. The summed E-state index contributed by atoms with van der Waals surface area (Å²) in [5.41, 5.74) is 1.62. The van der Waals surface area contributed by atoms with Crippen molar-refractivity contribution >= 4 is 34.8 Å². The van der Waals surface area contributed by atoms with Gasteiger partial charge in [0.1, 0.15) is 11.3 Å². The fraction of sp³-hybridized carbons (Fsp3) is 0.350. The Kier molecular flexibility index (Phi) is 7.61. The molecule has 0 aliphatic carbocycles. The smallest absolute Gasteiger partial charge is 0.331 e. The Morgan fingerprint density at radius 3 is 2.70 bits per heavy atom. The highest BCUT2D eigenvalue weighted by molar-refractivity contribution is 5.95. The lowest BCUT2D eigenvalue weighted by Gasteiger charge is -2.04. The van der Waals surface area contributed by atoms with Gasteiger partial charge in [0.05, 0.1) is 6.54 Å². The number of ether oxygens (including phenoxy) is 1. The Bertz CT molecular complexity index is 838. The van der Waals surface area contributed by atoms with Gasteiger partial charge >= 0.3 is 5.97 Å². The highest BCUT2D eigenvalue weighted by Gasteiger charge is 2.12. The lowest BCUT2D eigenvalue weighted by molar-refractivity contribution is -0.143. The van der Waals surface area contributed by atoms with Crippen molar-refractivity contribution in [3.8, 4) is 0 Å². The first kappa shape index (κ1) is 20.2. The van der Waals surface area contributed by atoms with Crippen LogP contribution in [-0.2, 0) is 25.5 Å². The molecule has 0 atom stereocenters. The van der Waals surface area contributed by atoms with Gasteiger partial charge in [-0.2, -0.15) is 0 Å². The van der Waals surface area contributed by atoms with Crippen LogP contribution in [-0.4, -0.2) is 38.0 Å². The van der Waals surface area contributed by atoms with E-state index in [1.807, 2.05) is 24.3 Å². The van der Waals surface area contributed by atoms with Gasteiger partial charge < -0.3 is 19.8 Å². The number of rotatable bonds is 9. The fourth-order valence-electron chi connectivity index (χ4n) is 2.48. The summed E-state index contributed by atoms with van der Waals surface area (Å²) in [5, 5.41) is 5.65. The number of nitrogens with one attached hydrogen (secondary N) is 2. The topological polar surface area (TPSA) is 97.6 Å². The van der Waals surface area contributed by atoms with E-state index in [2.05, 4.69) is 17.6 Å². The first-order valence-corrected chi connectivity index (χ1v) is 8.87. The number of hydrogen-bond donors (Lipinski definition) is 2. The molecule has 7 nitrogen and oxygen atoms in total. The van der Waals surface area contributed by atoms with Crippen LogP contribution in [0.15, 0.2) is 34.8 Å². The second-order valence-electron chi connectivity index (χ2n) is 5.93. The second kappa shape index (κ2) is 10.2. The first-order valence-electron chi connectivity index (χ1n) is 8.87. The highest BCUT2D eigenvalue weighted by atomic mass is 16.5. The molecule has 144 valence electrons. The molecule has 0 radical (unpaired) electrons. The number of benzene rings is 1. The molecule has 0 aliphatic rings. The van der Waals surface area contributed by atoms with E-state index in [1.165, 1.54) is 13.1 Å². The van der Waals surface area contributed by atoms with Crippen LogP contribution < -0.4 is 10.6 Å². The number of aryl methyl sites for hydroxylation is 1. The zero-order chi connectivity index (χ0) is 19.6. The molecule has 0 bridgehead atoms. The summed E-state index contributed by atoms with van der Waals surface area (Å²) < 4.78 is 10.8. The van der Waals surface area contributed by atoms with E-state index in [1.54, 1.807) is 6.08 Å². The number of likely N-dealkylation sites (N-methyl/N-ethyl adjacent to an activating group) is 1. The number of para-hydroxylation sites is 1. The van der Waals surface area contributed by atoms with Crippen molar-refractivity contribution < 1.29 is 23.5 Å². The third-order valence-electron chi connectivity index (χ3n) is 3.92. The van der Waals surface area contributed by atoms with Gasteiger partial charge in [-0.25, -0.2) is 4.79 Å². The minimum absolute atomic E-state index is 0.162. The zero-order valence-corrected chi connectivity index (χ0v) is 15.5. The van der Waals surface area contributed by atoms with E-state index < -0.39 is 18.5 Å². The average molecular weight is 372 g/mol. The summed E-state index contributed by atoms with van der Waals surface area (Å²) in [7, 11) is 1.47. The van der Waals surface area contributed by atoms with E-state index >= 15 is 0 Å². The maximum atomic E-state index is 11.9. The van der Waals surface area contributed by atoms with Crippen molar-refractivity contribution in [2.24, 2.45) is 0 Å². The summed E-state index contributed by atoms with van der Waals surface area (Å²) in [6, 6.07) is 7.63. The summed E-state index contributed by atoms with van der Waals surface area (Å²) in [6.07, 6.45) is 5.73. The van der Waals surface area contributed by atoms with Crippen LogP contribution in [0.3, 0.4) is 0 Å². The number of amides is 2. The number of carbonyl (C=O) groups is 3. The number of carbonyl (C=O) groups excluding carboxylic acids is 3. The van der Waals surface area contributed by atoms with Crippen LogP contribution >= 0.6 is 0 Å². The monoisotopic (exact) mass is 372 g/mol. The number of hydrogen-bond acceptors (Lipinski definition) is 5. The molecule has 1 aromatic heterocycles. The number of unbranched alkanes of at least 4 members (excludes halogenated alkanes) is 1. The van der Waals surface area contributed by atoms with Crippen LogP contribution in [0.5, 0.6) is 0 Å². The molecule has 7 heteroatoms. The van der Waals surface area contributed by atoms with Gasteiger partial charge in [0, 0.05) is 30.5 Å². The lowest BCUT2D eigenvalue weighted by atomic mass is 10.1. The highest BCUT2D eigenvalue weighted by Crippen LogP contribution is 2.28. The number of esters is 1. The number of fused-ring (bicyclic) bond motifs is 1. The van der Waals surface area contributed by atoms with Crippen molar-refractivity contribution in [1.29, 1.82) is 0 Å². The molecular formula is C20H24N2O5. The van der Waals surface area contributed by atoms with Crippen LogP contribution in [0.4, 0.5) is 0 Å². The van der Waals surface area contributed by atoms with Gasteiger partial charge in [0.15, 0.2) is 6.61 Å². The Morgan fingerprint density at radius 2 is 1.96 bits per heavy atom. The van der Waals surface area contributed by atoms with Crippen molar-refractivity contribution in [1.82, 2.24) is 10.6 Å². The predicted octanol–water partition coefficient (Wildman–Crippen LogP) is 2.19. The van der Waals surface area contributed by atoms with Gasteiger partial charge in [-0.1, -0.05) is 31.5 Å². The first-order chi connectivity index (χ1) is 13.0. The molecule has 27 heavy (non-hydrogen) atoms. The summed E-state index contributed by atoms with van der Waals surface area (Å²) in [4.78, 5) is 34.5. The van der Waals surface area contributed by atoms with E-state index in [-0.39, 0.29) is 12.5 Å². The molecule has 2 N–H and O–H groups in total. The Hall–Kier alpha value is -3.09. The van der Waals surface area contributed by atoms with E-state index in [0.717, 1.165) is 41.6 Å². The molecule has 0 unspecified atom stereocenters. The predicted molar refractivity (Wildman–Crippen MR) is 102 cm³/mol. The Morgan fingerprint density at radius 1 is 1.19 bits per heavy atom. The minimum atomic E-state index is -0.642. The fourth-order valence-corrected chi connectivity index (χ4v) is 2.48. The van der Waals surface area contributed by atoms with E-state index in [4.69, 9.17) is 9.15 Å². The van der Waals surface area contributed by atoms with Crippen LogP contribution in [0, 0.1) is 0 Å². The maximum absolute atomic E-state index is 11.9. The standard InChI is InChI=1S/C20H24N2O5/c1-3-4-8-16-15(14-7-5-6-9-17(14)27-16)10-11-20(25)26-13-19(24)22-12-18(23)21-2/h5-7,9-11H,3-4,8,12-13H2,1-2H3,(H,21,23)(H,22,24)/b11-10+. The Labute approximate surface area is 157 Å². The van der Waals surface area contributed by atoms with Crippen molar-refractivity contribution in [3.63, 3.8) is 0 Å². The summed E-state index contributed by atoms with van der Waals surface area (Å²) >= 11 is 0. The van der Waals surface area contributed by atoms with Crippen LogP contribution in [0.1, 0.15) is 31.1 Å². The quantitative estimate of drug-likeness (QED) is 0.519. The molecular weight excluding hydrogens is 348 g/mol. The average Bonchev–Trinajstić information content (AvgIpc) is 3.04. The van der Waals surface area contributed by atoms with Gasteiger partial charge in [-0.15, -0.1) is 0 Å². The molecule has 0 saturated carbocycles. The molecule has 0 spiro atoms. The molecule has 1 heterocycles. The molecule has 2 aromatic rings. The molecule has 0 aliphatic heterocycles. The van der Waals surface area contributed by atoms with E-state index in [9.17, 15) is 14.4 Å². The van der Waals surface area contributed by atoms with Crippen molar-refractivity contribution in [2.45, 2.75) is 26.2 Å². The SMILES string of the molecule is CCCCc1oc2ccccc2c1/C=C/C(=O)OCC(=O)NCC(=O)NC. The Balaban J connectivity index is 1.99. The van der Waals surface area contributed by atoms with Gasteiger partial charge in [0.25, 0.3) is 5.91 Å². The largest absolute Gasteiger partial charge is 0.460 e. The molecule has 0 saturated heterocycles. The molecule has 2 rings (SSSR count). The molecule has 0 fully saturated rings. The van der Waals surface area contributed by atoms with E-state index in [0.29, 0.717) is 0 Å². The van der Waals surface area contributed by atoms with Gasteiger partial charge in [-0.3, -0.25) is 9.59 Å². The van der Waals surface area contributed by atoms with Gasteiger partial charge in [-0.05, 0) is 18.6 Å².